The maximum atomic E-state index is 12.6. The van der Waals surface area contributed by atoms with Gasteiger partial charge in [0.15, 0.2) is 11.5 Å². The summed E-state index contributed by atoms with van der Waals surface area (Å²) < 4.78 is 11.0. The molecule has 0 bridgehead atoms. The number of nitrogens with zero attached hydrogens (tertiary/aromatic N) is 1. The van der Waals surface area contributed by atoms with Gasteiger partial charge in [0.2, 0.25) is 0 Å². The van der Waals surface area contributed by atoms with Crippen LogP contribution in [0.4, 0.5) is 0 Å². The molecule has 7 nitrogen and oxygen atoms in total. The van der Waals surface area contributed by atoms with Gasteiger partial charge in [-0.2, -0.15) is 5.10 Å². The van der Waals surface area contributed by atoms with E-state index in [1.54, 1.807) is 36.4 Å². The van der Waals surface area contributed by atoms with Gasteiger partial charge < -0.3 is 14.8 Å². The fourth-order valence-electron chi connectivity index (χ4n) is 2.74. The molecule has 0 aromatic heterocycles. The van der Waals surface area contributed by atoms with Crippen LogP contribution in [0.3, 0.4) is 0 Å². The Morgan fingerprint density at radius 1 is 1.19 bits per heavy atom. The van der Waals surface area contributed by atoms with Gasteiger partial charge in [-0.05, 0) is 54.8 Å². The predicted octanol–water partition coefficient (Wildman–Crippen LogP) is 3.66. The molecular weight excluding hydrogens is 430 g/mol. The molecule has 2 rings (SSSR count). The molecule has 2 aromatic carbocycles. The van der Waals surface area contributed by atoms with Crippen LogP contribution in [0, 0.1) is 18.3 Å². The van der Waals surface area contributed by atoms with Crippen molar-refractivity contribution in [1.29, 1.82) is 0 Å². The highest BCUT2D eigenvalue weighted by Crippen LogP contribution is 2.28. The minimum absolute atomic E-state index is 0.126. The number of terminal acetylenes is 1. The zero-order valence-electron chi connectivity index (χ0n) is 18.2. The monoisotopic (exact) mass is 455 g/mol. The van der Waals surface area contributed by atoms with Gasteiger partial charge in [-0.25, -0.2) is 5.43 Å². The molecule has 0 fully saturated rings. The van der Waals surface area contributed by atoms with Gasteiger partial charge in [-0.3, -0.25) is 9.59 Å². The smallest absolute Gasteiger partial charge is 0.262 e. The summed E-state index contributed by atoms with van der Waals surface area (Å²) in [5, 5.41) is 7.17. The van der Waals surface area contributed by atoms with Gasteiger partial charge in [0, 0.05) is 10.6 Å². The van der Waals surface area contributed by atoms with Crippen LogP contribution in [0.25, 0.3) is 0 Å². The summed E-state index contributed by atoms with van der Waals surface area (Å²) >= 11 is 5.94. The zero-order valence-corrected chi connectivity index (χ0v) is 19.0. The van der Waals surface area contributed by atoms with E-state index in [1.165, 1.54) is 12.3 Å². The summed E-state index contributed by atoms with van der Waals surface area (Å²) in [5.41, 5.74) is 3.53. The highest BCUT2D eigenvalue weighted by molar-refractivity contribution is 6.31. The fourth-order valence-corrected chi connectivity index (χ4v) is 2.93. The largest absolute Gasteiger partial charge is 0.490 e. The van der Waals surface area contributed by atoms with Crippen molar-refractivity contribution in [1.82, 2.24) is 10.7 Å². The van der Waals surface area contributed by atoms with Gasteiger partial charge in [-0.1, -0.05) is 37.4 Å². The van der Waals surface area contributed by atoms with E-state index in [-0.39, 0.29) is 12.5 Å². The molecule has 0 aliphatic heterocycles. The standard InChI is InChI=1S/C24H26ClN3O4/c1-5-12-32-20-11-10-17(13-21(20)31-6-2)15-26-28-24(30)22(16(3)4)27-23(29)18-8-7-9-19(25)14-18/h1,7-11,13-16,22H,6,12H2,2-4H3,(H,27,29)(H,28,30)/b26-15-. The molecule has 0 aliphatic carbocycles. The molecule has 1 unspecified atom stereocenters. The first kappa shape index (κ1) is 24.8. The van der Waals surface area contributed by atoms with Crippen LogP contribution in [-0.2, 0) is 4.79 Å². The molecule has 0 radical (unpaired) electrons. The Morgan fingerprint density at radius 3 is 2.62 bits per heavy atom. The van der Waals surface area contributed by atoms with E-state index in [0.717, 1.165) is 0 Å². The predicted molar refractivity (Wildman–Crippen MR) is 125 cm³/mol. The van der Waals surface area contributed by atoms with Gasteiger partial charge in [0.1, 0.15) is 12.6 Å². The number of carbonyl (C=O) groups is 2. The van der Waals surface area contributed by atoms with Crippen molar-refractivity contribution in [3.05, 3.63) is 58.6 Å². The zero-order chi connectivity index (χ0) is 23.5. The Hall–Kier alpha value is -3.50. The molecule has 168 valence electrons. The summed E-state index contributed by atoms with van der Waals surface area (Å²) in [6.07, 6.45) is 6.70. The number of amides is 2. The van der Waals surface area contributed by atoms with Crippen LogP contribution >= 0.6 is 11.6 Å². The number of hydrazone groups is 1. The second-order valence-corrected chi connectivity index (χ2v) is 7.51. The molecule has 2 N–H and O–H groups in total. The lowest BCUT2D eigenvalue weighted by Crippen LogP contribution is -2.48. The molecule has 2 amide bonds. The van der Waals surface area contributed by atoms with Gasteiger partial charge in [0.05, 0.1) is 12.8 Å². The first-order valence-electron chi connectivity index (χ1n) is 10.1. The van der Waals surface area contributed by atoms with E-state index in [4.69, 9.17) is 27.5 Å². The third-order valence-electron chi connectivity index (χ3n) is 4.29. The maximum Gasteiger partial charge on any atom is 0.262 e. The van der Waals surface area contributed by atoms with Crippen molar-refractivity contribution in [3.8, 4) is 23.8 Å². The summed E-state index contributed by atoms with van der Waals surface area (Å²) in [4.78, 5) is 25.1. The van der Waals surface area contributed by atoms with E-state index < -0.39 is 17.9 Å². The van der Waals surface area contributed by atoms with Crippen molar-refractivity contribution >= 4 is 29.6 Å². The number of nitrogens with one attached hydrogen (secondary N) is 2. The first-order valence-corrected chi connectivity index (χ1v) is 10.5. The molecule has 2 aromatic rings. The lowest BCUT2D eigenvalue weighted by molar-refractivity contribution is -0.123. The number of carbonyl (C=O) groups excluding carboxylic acids is 2. The van der Waals surface area contributed by atoms with Gasteiger partial charge >= 0.3 is 0 Å². The fraction of sp³-hybridized carbons (Fsp3) is 0.292. The third-order valence-corrected chi connectivity index (χ3v) is 4.52. The number of halogens is 1. The normalized spacial score (nSPS) is 11.6. The SMILES string of the molecule is C#CCOc1ccc(/C=N\NC(=O)C(NC(=O)c2cccc(Cl)c2)C(C)C)cc1OCC. The Kier molecular flexibility index (Phi) is 9.58. The van der Waals surface area contributed by atoms with Crippen molar-refractivity contribution in [3.63, 3.8) is 0 Å². The Morgan fingerprint density at radius 2 is 1.97 bits per heavy atom. The van der Waals surface area contributed by atoms with Gasteiger partial charge in [-0.15, -0.1) is 6.42 Å². The van der Waals surface area contributed by atoms with E-state index in [9.17, 15) is 9.59 Å². The molecular formula is C24H26ClN3O4. The highest BCUT2D eigenvalue weighted by atomic mass is 35.5. The number of hydrogen-bond donors (Lipinski definition) is 2. The first-order chi connectivity index (χ1) is 15.3. The summed E-state index contributed by atoms with van der Waals surface area (Å²) in [7, 11) is 0. The van der Waals surface area contributed by atoms with E-state index in [0.29, 0.717) is 34.3 Å². The highest BCUT2D eigenvalue weighted by Gasteiger charge is 2.24. The second kappa shape index (κ2) is 12.4. The Bertz CT molecular complexity index is 1010. The van der Waals surface area contributed by atoms with E-state index in [2.05, 4.69) is 21.8 Å². The van der Waals surface area contributed by atoms with Crippen LogP contribution in [-0.4, -0.2) is 37.3 Å². The van der Waals surface area contributed by atoms with Crippen LogP contribution < -0.4 is 20.2 Å². The molecule has 0 aliphatic rings. The van der Waals surface area contributed by atoms with Gasteiger partial charge in [0.25, 0.3) is 11.8 Å². The third kappa shape index (κ3) is 7.33. The average molecular weight is 456 g/mol. The molecule has 0 heterocycles. The van der Waals surface area contributed by atoms with Crippen LogP contribution in [0.2, 0.25) is 5.02 Å². The summed E-state index contributed by atoms with van der Waals surface area (Å²) in [6.45, 7) is 6.09. The average Bonchev–Trinajstić information content (AvgIpc) is 2.76. The van der Waals surface area contributed by atoms with Crippen molar-refractivity contribution in [2.24, 2.45) is 11.0 Å². The van der Waals surface area contributed by atoms with Crippen LogP contribution in [0.1, 0.15) is 36.7 Å². The molecule has 0 saturated heterocycles. The molecule has 0 spiro atoms. The van der Waals surface area contributed by atoms with Crippen molar-refractivity contribution < 1.29 is 19.1 Å². The van der Waals surface area contributed by atoms with Crippen molar-refractivity contribution in [2.45, 2.75) is 26.8 Å². The number of rotatable bonds is 10. The minimum Gasteiger partial charge on any atom is -0.490 e. The van der Waals surface area contributed by atoms with Crippen LogP contribution in [0.5, 0.6) is 11.5 Å². The molecule has 1 atom stereocenters. The lowest BCUT2D eigenvalue weighted by atomic mass is 10.0. The van der Waals surface area contributed by atoms with E-state index in [1.807, 2.05) is 20.8 Å². The molecule has 32 heavy (non-hydrogen) atoms. The van der Waals surface area contributed by atoms with Crippen LogP contribution in [0.15, 0.2) is 47.6 Å². The Labute approximate surface area is 193 Å². The quantitative estimate of drug-likeness (QED) is 0.325. The summed E-state index contributed by atoms with van der Waals surface area (Å²) in [5.74, 6) is 2.45. The molecule has 0 saturated carbocycles. The number of ether oxygens (including phenoxy) is 2. The van der Waals surface area contributed by atoms with Crippen molar-refractivity contribution in [2.75, 3.05) is 13.2 Å². The lowest BCUT2D eigenvalue weighted by Gasteiger charge is -2.20. The number of hydrogen-bond acceptors (Lipinski definition) is 5. The Balaban J connectivity index is 2.05. The maximum absolute atomic E-state index is 12.6. The number of benzene rings is 2. The minimum atomic E-state index is -0.780. The summed E-state index contributed by atoms with van der Waals surface area (Å²) in [6, 6.07) is 10.9. The molecule has 8 heteroatoms. The topological polar surface area (TPSA) is 89.0 Å². The van der Waals surface area contributed by atoms with E-state index >= 15 is 0 Å². The second-order valence-electron chi connectivity index (χ2n) is 7.07.